The fourth-order valence-electron chi connectivity index (χ4n) is 6.67. The van der Waals surface area contributed by atoms with Gasteiger partial charge in [0.15, 0.2) is 0 Å². The number of anilines is 3. The number of nitrogens with zero attached hydrogens (tertiary/aromatic N) is 1. The van der Waals surface area contributed by atoms with Crippen molar-refractivity contribution in [2.24, 2.45) is 0 Å². The molecule has 2 nitrogen and oxygen atoms in total. The van der Waals surface area contributed by atoms with E-state index in [0.29, 0.717) is 0 Å². The second-order valence-corrected chi connectivity index (χ2v) is 10.9. The smallest absolute Gasteiger partial charge is 0.143 e. The summed E-state index contributed by atoms with van der Waals surface area (Å²) in [6, 6.07) is 54.4. The van der Waals surface area contributed by atoms with Gasteiger partial charge in [0.1, 0.15) is 11.2 Å². The van der Waals surface area contributed by atoms with Crippen molar-refractivity contribution in [2.45, 2.75) is 0 Å². The van der Waals surface area contributed by atoms with E-state index in [4.69, 9.17) is 4.42 Å². The van der Waals surface area contributed by atoms with E-state index in [1.165, 1.54) is 37.7 Å². The molecular formula is C40H25NO. The van der Waals surface area contributed by atoms with Crippen LogP contribution in [0.15, 0.2) is 156 Å². The molecular weight excluding hydrogens is 510 g/mol. The van der Waals surface area contributed by atoms with Gasteiger partial charge in [0.25, 0.3) is 0 Å². The monoisotopic (exact) mass is 535 g/mol. The number of furan rings is 1. The molecule has 0 aliphatic carbocycles. The second-order valence-electron chi connectivity index (χ2n) is 10.9. The zero-order valence-corrected chi connectivity index (χ0v) is 22.8. The van der Waals surface area contributed by atoms with E-state index in [2.05, 4.69) is 157 Å². The van der Waals surface area contributed by atoms with Gasteiger partial charge in [-0.25, -0.2) is 0 Å². The number of rotatable bonds is 3. The molecule has 0 spiro atoms. The van der Waals surface area contributed by atoms with Gasteiger partial charge in [0.2, 0.25) is 0 Å². The highest BCUT2D eigenvalue weighted by molar-refractivity contribution is 6.20. The molecule has 0 radical (unpaired) electrons. The van der Waals surface area contributed by atoms with Crippen LogP contribution in [-0.2, 0) is 0 Å². The van der Waals surface area contributed by atoms with Crippen LogP contribution in [-0.4, -0.2) is 0 Å². The molecule has 0 bridgehead atoms. The van der Waals surface area contributed by atoms with Gasteiger partial charge < -0.3 is 9.32 Å². The van der Waals surface area contributed by atoms with Crippen molar-refractivity contribution >= 4 is 82.1 Å². The van der Waals surface area contributed by atoms with Gasteiger partial charge >= 0.3 is 0 Å². The first-order valence-corrected chi connectivity index (χ1v) is 14.4. The molecule has 0 saturated carbocycles. The van der Waals surface area contributed by atoms with Crippen LogP contribution in [0, 0.1) is 0 Å². The summed E-state index contributed by atoms with van der Waals surface area (Å²) in [4.78, 5) is 2.41. The molecule has 0 amide bonds. The van der Waals surface area contributed by atoms with Gasteiger partial charge in [0, 0.05) is 21.8 Å². The Labute approximate surface area is 242 Å². The second kappa shape index (κ2) is 8.95. The average Bonchev–Trinajstić information content (AvgIpc) is 3.45. The number of fused-ring (bicyclic) bond motifs is 9. The molecule has 0 aliphatic heterocycles. The maximum Gasteiger partial charge on any atom is 0.143 e. The van der Waals surface area contributed by atoms with E-state index in [-0.39, 0.29) is 0 Å². The predicted octanol–water partition coefficient (Wildman–Crippen LogP) is 11.7. The van der Waals surface area contributed by atoms with E-state index >= 15 is 0 Å². The molecule has 1 heterocycles. The SMILES string of the molecule is c1ccc2c(N(c3ccc4c(ccc5ccccc54)c3)c3cccc4oc5c6ccccc6ccc5c34)cccc2c1. The highest BCUT2D eigenvalue weighted by Gasteiger charge is 2.22. The first kappa shape index (κ1) is 23.1. The lowest BCUT2D eigenvalue weighted by Gasteiger charge is -2.28. The van der Waals surface area contributed by atoms with E-state index in [9.17, 15) is 0 Å². The summed E-state index contributed by atoms with van der Waals surface area (Å²) < 4.78 is 6.61. The third-order valence-corrected chi connectivity index (χ3v) is 8.60. The molecule has 9 aromatic rings. The molecule has 0 atom stereocenters. The van der Waals surface area contributed by atoms with Gasteiger partial charge in [0.05, 0.1) is 16.8 Å². The van der Waals surface area contributed by atoms with Crippen molar-refractivity contribution in [3.63, 3.8) is 0 Å². The Morgan fingerprint density at radius 3 is 1.81 bits per heavy atom. The molecule has 0 unspecified atom stereocenters. The van der Waals surface area contributed by atoms with Crippen molar-refractivity contribution in [1.82, 2.24) is 0 Å². The number of benzene rings is 8. The lowest BCUT2D eigenvalue weighted by Crippen LogP contribution is -2.11. The molecule has 0 N–H and O–H groups in total. The van der Waals surface area contributed by atoms with E-state index in [1.807, 2.05) is 0 Å². The quantitative estimate of drug-likeness (QED) is 0.209. The molecule has 0 saturated heterocycles. The van der Waals surface area contributed by atoms with Crippen molar-refractivity contribution in [2.75, 3.05) is 4.90 Å². The molecule has 8 aromatic carbocycles. The largest absolute Gasteiger partial charge is 0.455 e. The minimum absolute atomic E-state index is 0.885. The lowest BCUT2D eigenvalue weighted by molar-refractivity contribution is 0.672. The Morgan fingerprint density at radius 2 is 0.952 bits per heavy atom. The summed E-state index contributed by atoms with van der Waals surface area (Å²) in [6.07, 6.45) is 0. The Balaban J connectivity index is 1.38. The first-order valence-electron chi connectivity index (χ1n) is 14.4. The third kappa shape index (κ3) is 3.39. The van der Waals surface area contributed by atoms with Crippen molar-refractivity contribution in [3.05, 3.63) is 152 Å². The van der Waals surface area contributed by atoms with Gasteiger partial charge in [-0.3, -0.25) is 0 Å². The molecule has 196 valence electrons. The van der Waals surface area contributed by atoms with Crippen molar-refractivity contribution in [1.29, 1.82) is 0 Å². The van der Waals surface area contributed by atoms with Gasteiger partial charge in [-0.15, -0.1) is 0 Å². The minimum Gasteiger partial charge on any atom is -0.455 e. The van der Waals surface area contributed by atoms with Gasteiger partial charge in [-0.2, -0.15) is 0 Å². The fourth-order valence-corrected chi connectivity index (χ4v) is 6.67. The predicted molar refractivity (Wildman–Crippen MR) is 178 cm³/mol. The van der Waals surface area contributed by atoms with E-state index < -0.39 is 0 Å². The fraction of sp³-hybridized carbons (Fsp3) is 0. The average molecular weight is 536 g/mol. The Kier molecular flexibility index (Phi) is 4.93. The maximum absolute atomic E-state index is 6.61. The Hall–Kier alpha value is -5.60. The standard InChI is InChI=1S/C40H25NO/c1-4-13-31-27(10-1)19-20-29-25-30(22-24-32(29)31)41(36-16-7-12-26-9-2-5-14-33(26)36)37-17-8-18-38-39(37)35-23-21-28-11-3-6-15-34(28)40(35)42-38/h1-25H. The van der Waals surface area contributed by atoms with Crippen LogP contribution in [0.1, 0.15) is 0 Å². The van der Waals surface area contributed by atoms with Crippen LogP contribution in [0.25, 0.3) is 65.0 Å². The highest BCUT2D eigenvalue weighted by atomic mass is 16.3. The minimum atomic E-state index is 0.885. The molecule has 9 rings (SSSR count). The summed E-state index contributed by atoms with van der Waals surface area (Å²) in [5.74, 6) is 0. The first-order chi connectivity index (χ1) is 20.8. The third-order valence-electron chi connectivity index (χ3n) is 8.60. The normalized spacial score (nSPS) is 11.8. The zero-order valence-electron chi connectivity index (χ0n) is 22.8. The Bertz CT molecular complexity index is 2480. The summed E-state index contributed by atoms with van der Waals surface area (Å²) in [5.41, 5.74) is 5.15. The van der Waals surface area contributed by atoms with Crippen LogP contribution in [0.2, 0.25) is 0 Å². The number of hydrogen-bond acceptors (Lipinski definition) is 2. The summed E-state index contributed by atoms with van der Waals surface area (Å²) in [7, 11) is 0. The van der Waals surface area contributed by atoms with E-state index in [1.54, 1.807) is 0 Å². The summed E-state index contributed by atoms with van der Waals surface area (Å²) in [6.45, 7) is 0. The highest BCUT2D eigenvalue weighted by Crippen LogP contribution is 2.46. The summed E-state index contributed by atoms with van der Waals surface area (Å²) >= 11 is 0. The topological polar surface area (TPSA) is 16.4 Å². The zero-order chi connectivity index (χ0) is 27.6. The van der Waals surface area contributed by atoms with Gasteiger partial charge in [-0.05, 0) is 68.7 Å². The van der Waals surface area contributed by atoms with Crippen molar-refractivity contribution < 1.29 is 4.42 Å². The van der Waals surface area contributed by atoms with Crippen LogP contribution in [0.5, 0.6) is 0 Å². The molecule has 0 fully saturated rings. The van der Waals surface area contributed by atoms with E-state index in [0.717, 1.165) is 44.4 Å². The van der Waals surface area contributed by atoms with Crippen LogP contribution >= 0.6 is 0 Å². The molecule has 0 aliphatic rings. The molecule has 42 heavy (non-hydrogen) atoms. The maximum atomic E-state index is 6.61. The van der Waals surface area contributed by atoms with Gasteiger partial charge in [-0.1, -0.05) is 115 Å². The molecule has 1 aromatic heterocycles. The Morgan fingerprint density at radius 1 is 0.381 bits per heavy atom. The van der Waals surface area contributed by atoms with Crippen LogP contribution < -0.4 is 4.90 Å². The number of hydrogen-bond donors (Lipinski definition) is 0. The van der Waals surface area contributed by atoms with Crippen LogP contribution in [0.3, 0.4) is 0 Å². The van der Waals surface area contributed by atoms with Crippen molar-refractivity contribution in [3.8, 4) is 0 Å². The van der Waals surface area contributed by atoms with Crippen LogP contribution in [0.4, 0.5) is 17.1 Å². The summed E-state index contributed by atoms with van der Waals surface area (Å²) in [5, 5.41) is 12.0. The lowest BCUT2D eigenvalue weighted by atomic mass is 10.00. The molecule has 2 heteroatoms.